The van der Waals surface area contributed by atoms with Crippen LogP contribution >= 0.6 is 0 Å². The highest BCUT2D eigenvalue weighted by molar-refractivity contribution is 6.18. The summed E-state index contributed by atoms with van der Waals surface area (Å²) in [5.41, 5.74) is 20.7. The van der Waals surface area contributed by atoms with Gasteiger partial charge in [-0.3, -0.25) is 9.13 Å². The van der Waals surface area contributed by atoms with Crippen molar-refractivity contribution >= 4 is 54.6 Å². The van der Waals surface area contributed by atoms with Gasteiger partial charge in [-0.2, -0.15) is 0 Å². The number of aryl methyl sites for hydroxylation is 4. The molecule has 0 fully saturated rings. The van der Waals surface area contributed by atoms with Crippen LogP contribution in [0.3, 0.4) is 0 Å². The summed E-state index contributed by atoms with van der Waals surface area (Å²) in [5, 5.41) is 4.79. The summed E-state index contributed by atoms with van der Waals surface area (Å²) in [5.74, 6) is 1.77. The number of pyridine rings is 1. The molecule has 0 saturated carbocycles. The zero-order valence-corrected chi connectivity index (χ0v) is 35.6. The van der Waals surface area contributed by atoms with Crippen molar-refractivity contribution in [3.8, 4) is 56.3 Å². The predicted octanol–water partition coefficient (Wildman–Crippen LogP) is 15.1. The predicted molar refractivity (Wildman–Crippen MR) is 263 cm³/mol. The minimum atomic E-state index is 0.876. The molecule has 5 nitrogen and oxygen atoms in total. The van der Waals surface area contributed by atoms with Gasteiger partial charge in [-0.15, -0.1) is 0 Å². The summed E-state index contributed by atoms with van der Waals surface area (Å²) in [6.45, 7) is 8.91. The van der Waals surface area contributed by atoms with E-state index in [0.717, 1.165) is 67.1 Å². The van der Waals surface area contributed by atoms with Gasteiger partial charge in [-0.05, 0) is 138 Å². The number of hydrogen-bond acceptors (Lipinski definition) is 2. The van der Waals surface area contributed by atoms with Gasteiger partial charge in [-0.1, -0.05) is 115 Å². The fraction of sp³-hybridized carbons (Fsp3) is 0.0690. The highest BCUT2D eigenvalue weighted by Crippen LogP contribution is 2.46. The Morgan fingerprint density at radius 1 is 0.444 bits per heavy atom. The third kappa shape index (κ3) is 5.70. The number of nitrogens with zero attached hydrogens (tertiary/aromatic N) is 4. The van der Waals surface area contributed by atoms with E-state index in [1.807, 2.05) is 12.3 Å². The summed E-state index contributed by atoms with van der Waals surface area (Å²) in [6, 6.07) is 63.4. The molecule has 4 aromatic heterocycles. The Labute approximate surface area is 365 Å². The van der Waals surface area contributed by atoms with Crippen LogP contribution in [-0.2, 0) is 0 Å². The summed E-state index contributed by atoms with van der Waals surface area (Å²) >= 11 is 0. The minimum absolute atomic E-state index is 0.876. The first-order chi connectivity index (χ1) is 30.9. The van der Waals surface area contributed by atoms with Crippen LogP contribution in [0.5, 0.6) is 0 Å². The third-order valence-corrected chi connectivity index (χ3v) is 13.1. The maximum atomic E-state index is 5.62. The van der Waals surface area contributed by atoms with Crippen molar-refractivity contribution in [2.24, 2.45) is 0 Å². The topological polar surface area (TPSA) is 51.4 Å². The van der Waals surface area contributed by atoms with Gasteiger partial charge in [0.25, 0.3) is 0 Å². The number of para-hydroxylation sites is 4. The van der Waals surface area contributed by atoms with Gasteiger partial charge in [0.05, 0.1) is 27.6 Å². The molecule has 8 aromatic carbocycles. The SMILES string of the molecule is Cc1cccc(C)c1-c1cc(-c2c(C)cccc2C)c2c3ccc(-c4cccc5c4nc(-c4cccc6c4[nH]c4ccccc46)n5-c4ccccc4)cc3n(-c3ccccn3)c2c1. The largest absolute Gasteiger partial charge is 0.354 e. The Bertz CT molecular complexity index is 3730. The molecule has 0 bridgehead atoms. The first kappa shape index (κ1) is 36.8. The Morgan fingerprint density at radius 2 is 1.11 bits per heavy atom. The molecule has 1 N–H and O–H groups in total. The van der Waals surface area contributed by atoms with E-state index >= 15 is 0 Å². The lowest BCUT2D eigenvalue weighted by Gasteiger charge is -2.17. The summed E-state index contributed by atoms with van der Waals surface area (Å²) in [4.78, 5) is 14.4. The molecule has 0 aliphatic heterocycles. The van der Waals surface area contributed by atoms with E-state index in [2.05, 4.69) is 212 Å². The summed E-state index contributed by atoms with van der Waals surface area (Å²) in [7, 11) is 0. The normalized spacial score (nSPS) is 11.8. The number of aromatic nitrogens is 5. The zero-order chi connectivity index (χ0) is 42.3. The number of imidazole rings is 1. The van der Waals surface area contributed by atoms with Gasteiger partial charge in [0.2, 0.25) is 0 Å². The van der Waals surface area contributed by atoms with Gasteiger partial charge >= 0.3 is 0 Å². The summed E-state index contributed by atoms with van der Waals surface area (Å²) < 4.78 is 4.68. The molecule has 63 heavy (non-hydrogen) atoms. The second-order valence-electron chi connectivity index (χ2n) is 16.9. The van der Waals surface area contributed by atoms with Crippen molar-refractivity contribution in [3.63, 3.8) is 0 Å². The second-order valence-corrected chi connectivity index (χ2v) is 16.9. The minimum Gasteiger partial charge on any atom is -0.354 e. The van der Waals surface area contributed by atoms with Crippen LogP contribution in [0.4, 0.5) is 0 Å². The van der Waals surface area contributed by atoms with E-state index in [1.165, 1.54) is 66.1 Å². The van der Waals surface area contributed by atoms with E-state index in [4.69, 9.17) is 9.97 Å². The van der Waals surface area contributed by atoms with Crippen LogP contribution < -0.4 is 0 Å². The lowest BCUT2D eigenvalue weighted by molar-refractivity contribution is 1.08. The average molecular weight is 810 g/mol. The van der Waals surface area contributed by atoms with E-state index in [9.17, 15) is 0 Å². The van der Waals surface area contributed by atoms with Crippen molar-refractivity contribution in [2.75, 3.05) is 0 Å². The number of fused-ring (bicyclic) bond motifs is 7. The second kappa shape index (κ2) is 14.3. The molecule has 5 heteroatoms. The van der Waals surface area contributed by atoms with Crippen LogP contribution in [0.25, 0.3) is 111 Å². The fourth-order valence-electron chi connectivity index (χ4n) is 10.3. The molecule has 12 aromatic rings. The molecule has 12 rings (SSSR count). The molecule has 0 radical (unpaired) electrons. The molecule has 4 heterocycles. The van der Waals surface area contributed by atoms with E-state index in [-0.39, 0.29) is 0 Å². The molecular formula is C58H43N5. The summed E-state index contributed by atoms with van der Waals surface area (Å²) in [6.07, 6.45) is 1.89. The molecule has 0 aliphatic carbocycles. The number of benzene rings is 8. The van der Waals surface area contributed by atoms with Gasteiger partial charge in [0.1, 0.15) is 11.6 Å². The third-order valence-electron chi connectivity index (χ3n) is 13.1. The van der Waals surface area contributed by atoms with Crippen molar-refractivity contribution in [2.45, 2.75) is 27.7 Å². The van der Waals surface area contributed by atoms with Crippen molar-refractivity contribution in [3.05, 3.63) is 204 Å². The monoisotopic (exact) mass is 809 g/mol. The fourth-order valence-corrected chi connectivity index (χ4v) is 10.3. The van der Waals surface area contributed by atoms with Crippen molar-refractivity contribution < 1.29 is 0 Å². The Morgan fingerprint density at radius 3 is 1.89 bits per heavy atom. The molecule has 300 valence electrons. The molecule has 0 atom stereocenters. The molecule has 0 saturated heterocycles. The van der Waals surface area contributed by atoms with E-state index in [0.29, 0.717) is 0 Å². The lowest BCUT2D eigenvalue weighted by Crippen LogP contribution is -1.98. The van der Waals surface area contributed by atoms with Gasteiger partial charge in [0, 0.05) is 50.1 Å². The van der Waals surface area contributed by atoms with Crippen LogP contribution in [0.1, 0.15) is 22.3 Å². The van der Waals surface area contributed by atoms with Crippen molar-refractivity contribution in [1.29, 1.82) is 0 Å². The molecule has 0 unspecified atom stereocenters. The number of nitrogens with one attached hydrogen (secondary N) is 1. The van der Waals surface area contributed by atoms with Gasteiger partial charge in [0.15, 0.2) is 0 Å². The zero-order valence-electron chi connectivity index (χ0n) is 35.6. The lowest BCUT2D eigenvalue weighted by atomic mass is 9.88. The number of hydrogen-bond donors (Lipinski definition) is 1. The quantitative estimate of drug-likeness (QED) is 0.182. The standard InChI is InChI=1S/C58H43N5/c1-35-16-12-17-36(2)53(35)40-32-47(54-37(3)18-13-19-38(54)4)55-45-30-29-39(33-50(45)63(51(55)34-40)52-28-10-11-31-59-52)42-23-15-27-49-57(42)61-58(62(49)41-20-6-5-7-21-41)46-25-14-24-44-43-22-8-9-26-48(43)60-56(44)46/h5-34,60H,1-4H3. The first-order valence-corrected chi connectivity index (χ1v) is 21.7. The first-order valence-electron chi connectivity index (χ1n) is 21.7. The smallest absolute Gasteiger partial charge is 0.147 e. The van der Waals surface area contributed by atoms with E-state index < -0.39 is 0 Å². The number of rotatable bonds is 6. The van der Waals surface area contributed by atoms with Gasteiger partial charge < -0.3 is 4.98 Å². The highest BCUT2D eigenvalue weighted by Gasteiger charge is 2.24. The number of H-pyrrole nitrogens is 1. The highest BCUT2D eigenvalue weighted by atomic mass is 15.1. The maximum Gasteiger partial charge on any atom is 0.147 e. The number of aromatic amines is 1. The Balaban J connectivity index is 1.16. The van der Waals surface area contributed by atoms with Crippen LogP contribution in [0.15, 0.2) is 182 Å². The van der Waals surface area contributed by atoms with Crippen LogP contribution in [0.2, 0.25) is 0 Å². The average Bonchev–Trinajstić information content (AvgIpc) is 3.99. The van der Waals surface area contributed by atoms with Crippen LogP contribution in [0, 0.1) is 27.7 Å². The van der Waals surface area contributed by atoms with Gasteiger partial charge in [-0.25, -0.2) is 9.97 Å². The molecular weight excluding hydrogens is 767 g/mol. The molecule has 0 spiro atoms. The molecule has 0 amide bonds. The maximum absolute atomic E-state index is 5.62. The van der Waals surface area contributed by atoms with Crippen molar-refractivity contribution in [1.82, 2.24) is 24.1 Å². The Hall–Kier alpha value is -8.02. The Kier molecular flexibility index (Phi) is 8.35. The van der Waals surface area contributed by atoms with Crippen LogP contribution in [-0.4, -0.2) is 24.1 Å². The molecule has 0 aliphatic rings. The van der Waals surface area contributed by atoms with E-state index in [1.54, 1.807) is 0 Å².